The van der Waals surface area contributed by atoms with Crippen LogP contribution in [-0.4, -0.2) is 147 Å². The Hall–Kier alpha value is -7.11. The quantitative estimate of drug-likeness (QED) is 0.0138. The third kappa shape index (κ3) is 18.8. The van der Waals surface area contributed by atoms with Crippen molar-refractivity contribution in [3.63, 3.8) is 0 Å². The van der Waals surface area contributed by atoms with Crippen molar-refractivity contribution in [2.45, 2.75) is 157 Å². The highest BCUT2D eigenvalue weighted by Gasteiger charge is 2.57. The second-order valence-corrected chi connectivity index (χ2v) is 24.6. The molecule has 0 saturated carbocycles. The van der Waals surface area contributed by atoms with E-state index in [1.165, 1.54) is 43.5 Å². The summed E-state index contributed by atoms with van der Waals surface area (Å²) < 4.78 is 69.7. The summed E-state index contributed by atoms with van der Waals surface area (Å²) in [6.45, 7) is 24.8. The summed E-state index contributed by atoms with van der Waals surface area (Å²) in [4.78, 5) is 103. The molecule has 0 bridgehead atoms. The van der Waals surface area contributed by atoms with E-state index in [4.69, 9.17) is 28.5 Å². The summed E-state index contributed by atoms with van der Waals surface area (Å²) in [5.41, 5.74) is -4.92. The molecular weight excluding hydrogens is 1060 g/mol. The van der Waals surface area contributed by atoms with E-state index in [0.29, 0.717) is 49.9 Å². The minimum absolute atomic E-state index is 0.0497. The van der Waals surface area contributed by atoms with Gasteiger partial charge in [-0.1, -0.05) is 5.16 Å². The number of hydrogen-bond acceptors (Lipinski definition) is 20. The zero-order chi connectivity index (χ0) is 58.3. The molecule has 1 aromatic carbocycles. The van der Waals surface area contributed by atoms with Crippen molar-refractivity contribution in [3.05, 3.63) is 53.3 Å². The van der Waals surface area contributed by atoms with Crippen LogP contribution in [0, 0.1) is 5.92 Å². The Labute approximate surface area is 456 Å². The largest absolute Gasteiger partial charge is 0.724 e. The van der Waals surface area contributed by atoms with Gasteiger partial charge < -0.3 is 53.9 Å². The van der Waals surface area contributed by atoms with E-state index in [9.17, 15) is 46.5 Å². The molecular formula is C49H70N10O17S2. The maximum Gasteiger partial charge on any atom is 0.413 e. The van der Waals surface area contributed by atoms with Gasteiger partial charge in [-0.15, -0.1) is 16.0 Å². The van der Waals surface area contributed by atoms with E-state index in [1.54, 1.807) is 100 Å². The smallest absolute Gasteiger partial charge is 0.413 e. The fourth-order valence-corrected chi connectivity index (χ4v) is 8.37. The zero-order valence-corrected chi connectivity index (χ0v) is 47.8. The highest BCUT2D eigenvalue weighted by molar-refractivity contribution is 7.80. The van der Waals surface area contributed by atoms with Crippen LogP contribution in [0.5, 0.6) is 5.75 Å². The summed E-state index contributed by atoms with van der Waals surface area (Å²) in [7, 11) is -5.37. The molecule has 0 aliphatic carbocycles. The number of oxime groups is 1. The molecule has 2 unspecified atom stereocenters. The lowest BCUT2D eigenvalue weighted by atomic mass is 9.84. The first-order valence-electron chi connectivity index (χ1n) is 24.7. The van der Waals surface area contributed by atoms with Gasteiger partial charge in [0.2, 0.25) is 16.6 Å². The number of benzene rings is 1. The van der Waals surface area contributed by atoms with Crippen LogP contribution in [-0.2, 0) is 65.9 Å². The van der Waals surface area contributed by atoms with Crippen LogP contribution in [0.25, 0.3) is 0 Å². The van der Waals surface area contributed by atoms with Gasteiger partial charge in [0.25, 0.3) is 23.8 Å². The molecule has 5 rings (SSSR count). The minimum Gasteiger partial charge on any atom is -0.724 e. The second-order valence-electron chi connectivity index (χ2n) is 22.7. The van der Waals surface area contributed by atoms with Crippen molar-refractivity contribution in [2.24, 2.45) is 11.1 Å². The lowest BCUT2D eigenvalue weighted by molar-refractivity contribution is -0.781. The molecule has 78 heavy (non-hydrogen) atoms. The van der Waals surface area contributed by atoms with Gasteiger partial charge in [0, 0.05) is 30.6 Å². The molecule has 4 N–H and O–H groups in total. The summed E-state index contributed by atoms with van der Waals surface area (Å²) in [5.74, 6) is -3.39. The van der Waals surface area contributed by atoms with Crippen molar-refractivity contribution in [1.29, 1.82) is 0 Å². The van der Waals surface area contributed by atoms with Gasteiger partial charge in [-0.3, -0.25) is 19.7 Å². The first kappa shape index (κ1) is 61.7. The monoisotopic (exact) mass is 1130 g/mol. The maximum absolute atomic E-state index is 14.0. The fraction of sp³-hybridized carbons (Fsp3) is 0.592. The molecule has 2 atom stereocenters. The van der Waals surface area contributed by atoms with E-state index in [-0.39, 0.29) is 28.1 Å². The Morgan fingerprint density at radius 1 is 0.872 bits per heavy atom. The van der Waals surface area contributed by atoms with Crippen LogP contribution in [0.4, 0.5) is 25.2 Å². The number of esters is 1. The predicted molar refractivity (Wildman–Crippen MR) is 278 cm³/mol. The van der Waals surface area contributed by atoms with E-state index >= 15 is 0 Å². The number of aromatic nitrogens is 3. The van der Waals surface area contributed by atoms with E-state index in [2.05, 4.69) is 35.7 Å². The molecule has 2 fully saturated rings. The lowest BCUT2D eigenvalue weighted by Crippen LogP contribution is -2.76. The number of rotatable bonds is 20. The Balaban J connectivity index is 1.31. The topological polar surface area (TPSA) is 330 Å². The van der Waals surface area contributed by atoms with Crippen LogP contribution in [0.3, 0.4) is 0 Å². The fourth-order valence-electron chi connectivity index (χ4n) is 7.24. The number of alkyl carbamates (subject to hydrolysis) is 1. The molecule has 27 nitrogen and oxygen atoms in total. The number of hydrogen-bond donors (Lipinski definition) is 4. The number of aryl methyl sites for hydroxylation is 1. The van der Waals surface area contributed by atoms with Crippen LogP contribution >= 0.6 is 11.3 Å². The second kappa shape index (κ2) is 24.3. The zero-order valence-electron chi connectivity index (χ0n) is 46.2. The molecule has 2 saturated heterocycles. The predicted octanol–water partition coefficient (Wildman–Crippen LogP) is 4.62. The van der Waals surface area contributed by atoms with Gasteiger partial charge >= 0.3 is 24.2 Å². The average molecular weight is 1140 g/mol. The number of carbonyl (C=O) groups is 7. The third-order valence-corrected chi connectivity index (χ3v) is 11.7. The number of nitrogens with one attached hydrogen (secondary N) is 4. The molecule has 2 aliphatic rings. The van der Waals surface area contributed by atoms with Gasteiger partial charge in [0.15, 0.2) is 17.4 Å². The number of carbonyl (C=O) groups excluding carboxylic acids is 7. The maximum atomic E-state index is 14.0. The van der Waals surface area contributed by atoms with Crippen LogP contribution in [0.1, 0.15) is 119 Å². The number of hydroxylamine groups is 2. The summed E-state index contributed by atoms with van der Waals surface area (Å²) in [5, 5.41) is 16.0. The number of anilines is 2. The molecule has 2 aliphatic heterocycles. The molecule has 430 valence electrons. The number of ether oxygens (including phenoxy) is 5. The van der Waals surface area contributed by atoms with Crippen molar-refractivity contribution in [3.8, 4) is 5.75 Å². The molecule has 3 aromatic rings. The van der Waals surface area contributed by atoms with Crippen LogP contribution in [0.15, 0.2) is 47.2 Å². The number of thiazole rings is 1. The summed E-state index contributed by atoms with van der Waals surface area (Å²) >= 11 is 0.856. The number of amides is 6. The number of β-lactam (4-membered cyclic amide) rings is 1. The van der Waals surface area contributed by atoms with Gasteiger partial charge in [-0.2, -0.15) is 14.0 Å². The molecule has 0 spiro atoms. The van der Waals surface area contributed by atoms with Crippen LogP contribution < -0.4 is 30.7 Å². The van der Waals surface area contributed by atoms with E-state index in [0.717, 1.165) is 11.3 Å². The normalized spacial score (nSPS) is 16.4. The molecule has 6 amide bonds. The van der Waals surface area contributed by atoms with Crippen molar-refractivity contribution in [2.75, 3.05) is 36.9 Å². The van der Waals surface area contributed by atoms with Gasteiger partial charge in [0.05, 0.1) is 24.2 Å². The van der Waals surface area contributed by atoms with Crippen molar-refractivity contribution < 1.29 is 84.0 Å². The molecule has 0 radical (unpaired) electrons. The number of nitrogens with zero attached hydrogens (tertiary/aromatic N) is 6. The minimum atomic E-state index is -5.37. The van der Waals surface area contributed by atoms with Gasteiger partial charge in [-0.05, 0) is 128 Å². The molecule has 29 heteroatoms. The van der Waals surface area contributed by atoms with E-state index in [1.807, 2.05) is 9.36 Å². The third-order valence-electron chi connectivity index (χ3n) is 10.6. The summed E-state index contributed by atoms with van der Waals surface area (Å²) in [6.07, 6.45) is 0.588. The lowest BCUT2D eigenvalue weighted by Gasteiger charge is -2.51. The highest BCUT2D eigenvalue weighted by atomic mass is 32.3. The van der Waals surface area contributed by atoms with Crippen molar-refractivity contribution in [1.82, 2.24) is 30.3 Å². The SMILES string of the molecule is CC(C)(C)OC(=O)NCCCn1cc(NC(=O)c2ccc(OCC(O/N=C(\C(=O)NC3C(=O)N(OS(=O)(=O)[O-])C3(C)C)c3csc(NC(=O)OC(C)(C)C)n3)C(=O)OC(C)(C)C)cc2)c[n+]1CC1CN(C(=O)OC(C)(C)C)C1. The Morgan fingerprint density at radius 3 is 2.05 bits per heavy atom. The average Bonchev–Trinajstić information content (AvgIpc) is 3.88. The van der Waals surface area contributed by atoms with Gasteiger partial charge in [0.1, 0.15) is 52.2 Å². The van der Waals surface area contributed by atoms with Crippen molar-refractivity contribution >= 4 is 80.2 Å². The number of likely N-dealkylation sites (tertiary alicyclic amines) is 1. The molecule has 4 heterocycles. The highest BCUT2D eigenvalue weighted by Crippen LogP contribution is 2.33. The van der Waals surface area contributed by atoms with Gasteiger partial charge in [-0.25, -0.2) is 32.6 Å². The summed E-state index contributed by atoms with van der Waals surface area (Å²) in [6, 6.07) is 4.43. The first-order valence-corrected chi connectivity index (χ1v) is 26.9. The molecule has 2 aromatic heterocycles. The van der Waals surface area contributed by atoms with E-state index < -0.39 is 105 Å². The Bertz CT molecular complexity index is 2830. The standard InChI is InChI=1S/C49H70N10O17S2/c1-45(2,3)71-40(63)34(75-55-35(33-28-77-41(52-33)54-43(65)73-47(7,8)9)38(61)53-36-39(62)59(49(36,13)14)76-78(67,68)69)27-70-32-18-16-30(17-19-32)37(60)51-31-25-57(21-15-20-50-42(64)72-46(4,5)6)58(26-31)24-29-22-56(23-29)44(66)74-48(10,11)12/h16-19,25-26,28-29,34,36H,15,20-24,27H2,1-14H3,(H4-,50,51,52,53,54,60,61,64,65,67,68,69)/b55-35-. The Kier molecular flexibility index (Phi) is 19.2. The first-order chi connectivity index (χ1) is 35.8. The van der Waals surface area contributed by atoms with Crippen LogP contribution in [0.2, 0.25) is 0 Å². The Morgan fingerprint density at radius 2 is 1.47 bits per heavy atom.